The van der Waals surface area contributed by atoms with E-state index in [4.69, 9.17) is 9.47 Å². The van der Waals surface area contributed by atoms with E-state index in [-0.39, 0.29) is 41.4 Å². The fourth-order valence-corrected chi connectivity index (χ4v) is 7.09. The van der Waals surface area contributed by atoms with Gasteiger partial charge < -0.3 is 9.47 Å². The second-order valence-electron chi connectivity index (χ2n) is 11.5. The number of rotatable bonds is 3. The summed E-state index contributed by atoms with van der Waals surface area (Å²) < 4.78 is 11.9. The highest BCUT2D eigenvalue weighted by molar-refractivity contribution is 5.67. The molecular weight excluding hydrogens is 412 g/mol. The van der Waals surface area contributed by atoms with Crippen molar-refractivity contribution in [3.8, 4) is 0 Å². The van der Waals surface area contributed by atoms with Crippen LogP contribution in [-0.4, -0.2) is 24.1 Å². The van der Waals surface area contributed by atoms with Crippen LogP contribution in [0.15, 0.2) is 35.5 Å². The van der Waals surface area contributed by atoms with Crippen LogP contribution in [0.25, 0.3) is 0 Å². The van der Waals surface area contributed by atoms with Gasteiger partial charge in [-0.1, -0.05) is 50.1 Å². The van der Waals surface area contributed by atoms with Crippen molar-refractivity contribution in [3.63, 3.8) is 0 Å². The standard InChI is InChI=1S/C29H44O4/c1-17(2)28-25-14-11-20(5)24-13-10-19(4)23(24)12-9-18(3)15-27(33-22(7)31)29(25,8)16-26(28)32-21(6)30/h11,15,17,23-28H,4,9-10,12-14,16H2,1-3,5-8H3/b18-15+,20-11+. The molecule has 4 nitrogen and oxygen atoms in total. The minimum Gasteiger partial charge on any atom is -0.462 e. The molecule has 184 valence electrons. The molecule has 0 N–H and O–H groups in total. The number of fused-ring (bicyclic) bond motifs is 2. The lowest BCUT2D eigenvalue weighted by molar-refractivity contribution is -0.153. The highest BCUT2D eigenvalue weighted by Gasteiger charge is 2.56. The average molecular weight is 457 g/mol. The van der Waals surface area contributed by atoms with Gasteiger partial charge in [0.2, 0.25) is 0 Å². The zero-order valence-electron chi connectivity index (χ0n) is 21.8. The van der Waals surface area contributed by atoms with Crippen LogP contribution in [0.2, 0.25) is 0 Å². The lowest BCUT2D eigenvalue weighted by Crippen LogP contribution is -2.40. The molecule has 0 aromatic carbocycles. The third-order valence-corrected chi connectivity index (χ3v) is 8.76. The van der Waals surface area contributed by atoms with Gasteiger partial charge in [0.1, 0.15) is 12.2 Å². The summed E-state index contributed by atoms with van der Waals surface area (Å²) in [7, 11) is 0. The predicted octanol–water partition coefficient (Wildman–Crippen LogP) is 6.81. The predicted molar refractivity (Wildman–Crippen MR) is 132 cm³/mol. The van der Waals surface area contributed by atoms with Crippen LogP contribution in [-0.2, 0) is 19.1 Å². The van der Waals surface area contributed by atoms with Gasteiger partial charge in [-0.05, 0) is 82.1 Å². The van der Waals surface area contributed by atoms with E-state index in [1.54, 1.807) is 0 Å². The molecule has 7 unspecified atom stereocenters. The molecule has 2 saturated carbocycles. The van der Waals surface area contributed by atoms with Crippen molar-refractivity contribution < 1.29 is 19.1 Å². The lowest BCUT2D eigenvalue weighted by atomic mass is 9.68. The molecule has 0 spiro atoms. The van der Waals surface area contributed by atoms with Gasteiger partial charge in [0.15, 0.2) is 0 Å². The van der Waals surface area contributed by atoms with Crippen LogP contribution in [0, 0.1) is 35.0 Å². The van der Waals surface area contributed by atoms with Gasteiger partial charge in [-0.25, -0.2) is 0 Å². The minimum atomic E-state index is -0.336. The second kappa shape index (κ2) is 10.2. The van der Waals surface area contributed by atoms with Crippen molar-refractivity contribution in [3.05, 3.63) is 35.5 Å². The van der Waals surface area contributed by atoms with Gasteiger partial charge in [0.25, 0.3) is 0 Å². The Morgan fingerprint density at radius 3 is 2.30 bits per heavy atom. The van der Waals surface area contributed by atoms with Crippen LogP contribution in [0.1, 0.15) is 87.0 Å². The van der Waals surface area contributed by atoms with Crippen LogP contribution in [0.3, 0.4) is 0 Å². The fraction of sp³-hybridized carbons (Fsp3) is 0.724. The van der Waals surface area contributed by atoms with Crippen molar-refractivity contribution in [2.75, 3.05) is 0 Å². The first-order chi connectivity index (χ1) is 15.4. The van der Waals surface area contributed by atoms with Gasteiger partial charge in [0, 0.05) is 25.2 Å². The van der Waals surface area contributed by atoms with E-state index in [9.17, 15) is 9.59 Å². The summed E-state index contributed by atoms with van der Waals surface area (Å²) in [6.07, 6.45) is 10.1. The van der Waals surface area contributed by atoms with Crippen LogP contribution in [0.4, 0.5) is 0 Å². The number of allylic oxidation sites excluding steroid dienone is 4. The first kappa shape index (κ1) is 25.8. The average Bonchev–Trinajstić information content (AvgIpc) is 3.20. The molecule has 0 radical (unpaired) electrons. The summed E-state index contributed by atoms with van der Waals surface area (Å²) in [6, 6.07) is 0. The molecule has 3 rings (SSSR count). The van der Waals surface area contributed by atoms with Crippen molar-refractivity contribution >= 4 is 11.9 Å². The van der Waals surface area contributed by atoms with Gasteiger partial charge in [-0.3, -0.25) is 9.59 Å². The van der Waals surface area contributed by atoms with E-state index in [0.717, 1.165) is 25.7 Å². The normalized spacial score (nSPS) is 40.4. The molecule has 2 fully saturated rings. The van der Waals surface area contributed by atoms with Crippen LogP contribution in [0.5, 0.6) is 0 Å². The molecule has 0 bridgehead atoms. The van der Waals surface area contributed by atoms with E-state index in [1.165, 1.54) is 37.0 Å². The maximum atomic E-state index is 12.2. The number of hydrogen-bond donors (Lipinski definition) is 0. The highest BCUT2D eigenvalue weighted by atomic mass is 16.6. The lowest BCUT2D eigenvalue weighted by Gasteiger charge is -2.40. The maximum absolute atomic E-state index is 12.2. The van der Waals surface area contributed by atoms with Crippen molar-refractivity contribution in [2.45, 2.75) is 99.2 Å². The monoisotopic (exact) mass is 456 g/mol. The Kier molecular flexibility index (Phi) is 7.96. The molecule has 33 heavy (non-hydrogen) atoms. The molecule has 0 aliphatic heterocycles. The largest absolute Gasteiger partial charge is 0.462 e. The third-order valence-electron chi connectivity index (χ3n) is 8.76. The molecule has 0 amide bonds. The first-order valence-corrected chi connectivity index (χ1v) is 12.8. The summed E-state index contributed by atoms with van der Waals surface area (Å²) in [4.78, 5) is 24.2. The smallest absolute Gasteiger partial charge is 0.303 e. The summed E-state index contributed by atoms with van der Waals surface area (Å²) in [5.41, 5.74) is 3.80. The van der Waals surface area contributed by atoms with E-state index < -0.39 is 0 Å². The molecule has 0 saturated heterocycles. The Labute approximate surface area is 200 Å². The Morgan fingerprint density at radius 1 is 1.06 bits per heavy atom. The second-order valence-corrected chi connectivity index (χ2v) is 11.5. The van der Waals surface area contributed by atoms with Gasteiger partial charge in [-0.2, -0.15) is 0 Å². The Morgan fingerprint density at radius 2 is 1.70 bits per heavy atom. The zero-order valence-corrected chi connectivity index (χ0v) is 21.8. The van der Waals surface area contributed by atoms with Crippen molar-refractivity contribution in [1.29, 1.82) is 0 Å². The fourth-order valence-electron chi connectivity index (χ4n) is 7.09. The van der Waals surface area contributed by atoms with Crippen LogP contribution >= 0.6 is 0 Å². The van der Waals surface area contributed by atoms with Gasteiger partial charge in [0.05, 0.1) is 0 Å². The molecule has 0 aromatic rings. The van der Waals surface area contributed by atoms with E-state index in [2.05, 4.69) is 53.3 Å². The summed E-state index contributed by atoms with van der Waals surface area (Å²) in [5, 5.41) is 0. The number of ether oxygens (including phenoxy) is 2. The van der Waals surface area contributed by atoms with Gasteiger partial charge in [-0.15, -0.1) is 0 Å². The number of hydrogen-bond acceptors (Lipinski definition) is 4. The van der Waals surface area contributed by atoms with E-state index in [0.29, 0.717) is 24.2 Å². The number of carbonyl (C=O) groups excluding carboxylic acids is 2. The summed E-state index contributed by atoms with van der Waals surface area (Å²) in [5.74, 6) is 1.42. The molecule has 4 heteroatoms. The number of carbonyl (C=O) groups is 2. The highest BCUT2D eigenvalue weighted by Crippen LogP contribution is 2.56. The molecule has 3 aliphatic carbocycles. The topological polar surface area (TPSA) is 52.6 Å². The Balaban J connectivity index is 2.10. The molecular formula is C29H44O4. The first-order valence-electron chi connectivity index (χ1n) is 12.8. The minimum absolute atomic E-state index is 0.165. The Bertz CT molecular complexity index is 835. The van der Waals surface area contributed by atoms with Crippen molar-refractivity contribution in [1.82, 2.24) is 0 Å². The van der Waals surface area contributed by atoms with Crippen molar-refractivity contribution in [2.24, 2.45) is 35.0 Å². The molecule has 3 aliphatic rings. The zero-order chi connectivity index (χ0) is 24.5. The molecule has 7 atom stereocenters. The van der Waals surface area contributed by atoms with Gasteiger partial charge >= 0.3 is 11.9 Å². The summed E-state index contributed by atoms with van der Waals surface area (Å²) >= 11 is 0. The number of esters is 2. The van der Waals surface area contributed by atoms with E-state index >= 15 is 0 Å². The molecule has 0 aromatic heterocycles. The maximum Gasteiger partial charge on any atom is 0.303 e. The Hall–Kier alpha value is -1.84. The van der Waals surface area contributed by atoms with E-state index in [1.807, 2.05) is 0 Å². The van der Waals surface area contributed by atoms with Crippen LogP contribution < -0.4 is 0 Å². The quantitative estimate of drug-likeness (QED) is 0.346. The third kappa shape index (κ3) is 5.46. The summed E-state index contributed by atoms with van der Waals surface area (Å²) in [6.45, 7) is 18.5. The SMILES string of the molecule is C=C1CCC2/C(C)=C/CC3C(C(C)C)C(OC(C)=O)CC3(C)C(OC(C)=O)/C=C(\C)CCC12. The molecule has 0 heterocycles.